The molecular formula is C38H42Au2N4O10P2+2. The molecule has 0 aliphatic carbocycles. The maximum Gasteiger partial charge on any atom is 1.00 e. The molecule has 18 heteroatoms. The van der Waals surface area contributed by atoms with Gasteiger partial charge in [0.1, 0.15) is 48.9 Å². The standard InChI is InChI=1S/2C12H9O3P.2C7H12N2O2.2Au/c2*1-4-10(13-7-1)16(11-5-2-8-14-11)12-6-3-9-15-12;2*1-6(2)7(3,4)9(11)5-8(6)10;;/h2*1-9H;2*1-4H3;;/q;;;;2*+1. The van der Waals surface area contributed by atoms with E-state index in [2.05, 4.69) is 12.7 Å². The van der Waals surface area contributed by atoms with E-state index in [0.29, 0.717) is 19.0 Å². The SMILES string of the molecule is CC1(C)[N+](=O)[C-]=[N+]([O-])C1(C)C.CC1(C)[N+](=O)[C-]=[N+]([O-])C1(C)C.[Au+].[Au+].c1coc(P(c2ccco2)c2ccco2)c1.c1coc(P(c2ccco2)c2ccco2)c1. The first kappa shape index (κ1) is 46.5. The van der Waals surface area contributed by atoms with E-state index >= 15 is 0 Å². The maximum atomic E-state index is 11.1. The van der Waals surface area contributed by atoms with Crippen LogP contribution < -0.4 is 33.0 Å². The summed E-state index contributed by atoms with van der Waals surface area (Å²) in [5.41, 5.74) is 2.45. The van der Waals surface area contributed by atoms with Crippen LogP contribution in [0.4, 0.5) is 0 Å². The molecule has 0 spiro atoms. The summed E-state index contributed by atoms with van der Waals surface area (Å²) in [5.74, 6) is 0. The molecule has 8 heterocycles. The van der Waals surface area contributed by atoms with E-state index in [1.807, 2.05) is 72.8 Å². The van der Waals surface area contributed by atoms with Gasteiger partial charge in [-0.05, 0) is 82.6 Å². The zero-order valence-electron chi connectivity index (χ0n) is 31.8. The quantitative estimate of drug-likeness (QED) is 0.0639. The summed E-state index contributed by atoms with van der Waals surface area (Å²) < 4.78 is 35.0. The van der Waals surface area contributed by atoms with Crippen LogP contribution in [-0.4, -0.2) is 53.8 Å². The van der Waals surface area contributed by atoms with Crippen LogP contribution in [0.1, 0.15) is 55.4 Å². The second-order valence-corrected chi connectivity index (χ2v) is 18.0. The van der Waals surface area contributed by atoms with Gasteiger partial charge in [0.15, 0.2) is 12.7 Å². The minimum absolute atomic E-state index is 0. The summed E-state index contributed by atoms with van der Waals surface area (Å²) in [4.78, 5) is 22.2. The number of hydrogen-bond acceptors (Lipinski definition) is 10. The van der Waals surface area contributed by atoms with Gasteiger partial charge in [0, 0.05) is 55.4 Å². The Hall–Kier alpha value is -3.84. The van der Waals surface area contributed by atoms with E-state index < -0.39 is 38.0 Å². The predicted molar refractivity (Wildman–Crippen MR) is 205 cm³/mol. The second-order valence-electron chi connectivity index (χ2n) is 14.0. The Kier molecular flexibility index (Phi) is 15.8. The van der Waals surface area contributed by atoms with Crippen molar-refractivity contribution in [1.29, 1.82) is 0 Å². The van der Waals surface area contributed by atoms with Crippen molar-refractivity contribution < 1.29 is 90.3 Å². The predicted octanol–water partition coefficient (Wildman–Crippen LogP) is 5.95. The number of rotatable bonds is 6. The Morgan fingerprint density at radius 2 is 0.625 bits per heavy atom. The second kappa shape index (κ2) is 19.1. The molecule has 56 heavy (non-hydrogen) atoms. The Bertz CT molecular complexity index is 1820. The Balaban J connectivity index is 0.000000201. The zero-order valence-corrected chi connectivity index (χ0v) is 37.9. The van der Waals surface area contributed by atoms with Crippen LogP contribution in [0.5, 0.6) is 0 Å². The summed E-state index contributed by atoms with van der Waals surface area (Å²) in [5, 5.41) is 22.2. The smallest absolute Gasteiger partial charge is 0.650 e. The third-order valence-electron chi connectivity index (χ3n) is 9.75. The molecule has 0 amide bonds. The molecule has 6 aromatic heterocycles. The van der Waals surface area contributed by atoms with E-state index in [1.165, 1.54) is 0 Å². The van der Waals surface area contributed by atoms with Crippen LogP contribution >= 0.6 is 15.8 Å². The van der Waals surface area contributed by atoms with E-state index in [9.17, 15) is 20.2 Å². The van der Waals surface area contributed by atoms with Gasteiger partial charge in [-0.2, -0.15) is 0 Å². The van der Waals surface area contributed by atoms with Crippen molar-refractivity contribution in [3.05, 3.63) is 131 Å². The molecule has 8 rings (SSSR count). The van der Waals surface area contributed by atoms with Crippen molar-refractivity contribution in [1.82, 2.24) is 0 Å². The summed E-state index contributed by atoms with van der Waals surface area (Å²) in [7, 11) is -1.67. The molecule has 0 saturated heterocycles. The van der Waals surface area contributed by atoms with E-state index in [0.717, 1.165) is 33.0 Å². The third-order valence-corrected chi connectivity index (χ3v) is 13.9. The minimum Gasteiger partial charge on any atom is -0.650 e. The van der Waals surface area contributed by atoms with Crippen molar-refractivity contribution in [2.75, 3.05) is 0 Å². The van der Waals surface area contributed by atoms with Gasteiger partial charge in [-0.3, -0.25) is 0 Å². The van der Waals surface area contributed by atoms with Gasteiger partial charge in [-0.1, -0.05) is 9.52 Å². The molecule has 0 bridgehead atoms. The average molecular weight is 1170 g/mol. The van der Waals surface area contributed by atoms with Gasteiger partial charge in [-0.15, -0.1) is 0 Å². The van der Waals surface area contributed by atoms with E-state index in [1.54, 1.807) is 93.0 Å². The van der Waals surface area contributed by atoms with E-state index in [-0.39, 0.29) is 44.8 Å². The fourth-order valence-corrected chi connectivity index (χ4v) is 8.41. The molecule has 304 valence electrons. The number of nitrogens with zero attached hydrogens (tertiary/aromatic N) is 4. The molecule has 6 aromatic rings. The van der Waals surface area contributed by atoms with Gasteiger partial charge in [0.2, 0.25) is 22.2 Å². The molecule has 2 aliphatic rings. The Morgan fingerprint density at radius 3 is 0.714 bits per heavy atom. The van der Waals surface area contributed by atoms with Gasteiger partial charge in [-0.25, -0.2) is 0 Å². The molecule has 0 unspecified atom stereocenters. The first-order chi connectivity index (χ1) is 25.5. The molecule has 0 atom stereocenters. The Morgan fingerprint density at radius 1 is 0.429 bits per heavy atom. The van der Waals surface area contributed by atoms with Crippen LogP contribution in [0.15, 0.2) is 137 Å². The van der Waals surface area contributed by atoms with Crippen LogP contribution in [0.2, 0.25) is 0 Å². The van der Waals surface area contributed by atoms with Crippen LogP contribution in [0, 0.1) is 20.2 Å². The van der Waals surface area contributed by atoms with Gasteiger partial charge in [0.25, 0.3) is 0 Å². The van der Waals surface area contributed by atoms with Crippen LogP contribution in [-0.2, 0) is 44.8 Å². The van der Waals surface area contributed by atoms with Crippen molar-refractivity contribution in [3.63, 3.8) is 0 Å². The van der Waals surface area contributed by atoms with Crippen molar-refractivity contribution >= 4 is 61.5 Å². The van der Waals surface area contributed by atoms with Crippen molar-refractivity contribution in [2.24, 2.45) is 0 Å². The molecule has 0 fully saturated rings. The topological polar surface area (TPSA) is 171 Å². The molecule has 14 nitrogen and oxygen atoms in total. The number of nitroso groups, excluding NO2 is 2. The van der Waals surface area contributed by atoms with Gasteiger partial charge >= 0.3 is 44.8 Å². The summed E-state index contributed by atoms with van der Waals surface area (Å²) >= 11 is 0. The van der Waals surface area contributed by atoms with Crippen LogP contribution in [0.25, 0.3) is 0 Å². The van der Waals surface area contributed by atoms with Crippen molar-refractivity contribution in [2.45, 2.75) is 77.5 Å². The van der Waals surface area contributed by atoms with Gasteiger partial charge < -0.3 is 46.4 Å². The zero-order chi connectivity index (χ0) is 39.3. The maximum absolute atomic E-state index is 11.1. The number of furan rings is 6. The van der Waals surface area contributed by atoms with Crippen LogP contribution in [0.3, 0.4) is 0 Å². The normalized spacial score (nSPS) is 16.9. The number of hydrogen-bond donors (Lipinski definition) is 0. The molecule has 0 saturated carbocycles. The van der Waals surface area contributed by atoms with Crippen molar-refractivity contribution in [3.8, 4) is 0 Å². The monoisotopic (exact) mass is 1170 g/mol. The van der Waals surface area contributed by atoms with Gasteiger partial charge in [0.05, 0.1) is 37.6 Å². The fourth-order valence-electron chi connectivity index (χ4n) is 4.69. The summed E-state index contributed by atoms with van der Waals surface area (Å²) in [6.45, 7) is 13.8. The summed E-state index contributed by atoms with van der Waals surface area (Å²) in [6.07, 6.45) is 14.3. The summed E-state index contributed by atoms with van der Waals surface area (Å²) in [6, 6.07) is 22.9. The number of hydroxylamine groups is 2. The first-order valence-corrected chi connectivity index (χ1v) is 19.4. The molecular weight excluding hydrogens is 1130 g/mol. The molecule has 2 aliphatic heterocycles. The largest absolute Gasteiger partial charge is 1.00 e. The minimum atomic E-state index is -0.835. The molecule has 0 radical (unpaired) electrons. The average Bonchev–Trinajstić information content (AvgIpc) is 3.97. The first-order valence-electron chi connectivity index (χ1n) is 16.7. The Labute approximate surface area is 357 Å². The fraction of sp³-hybridized carbons (Fsp3) is 0.316. The third kappa shape index (κ3) is 9.64. The molecule has 0 N–H and O–H groups in total. The molecule has 0 aromatic carbocycles. The van der Waals surface area contributed by atoms with E-state index in [4.69, 9.17) is 26.5 Å².